The lowest BCUT2D eigenvalue weighted by molar-refractivity contribution is -0.137. The second-order valence-electron chi connectivity index (χ2n) is 6.03. The number of rotatable bonds is 8. The van der Waals surface area contributed by atoms with E-state index < -0.39 is 5.97 Å². The number of carbonyl (C=O) groups is 2. The molecule has 0 saturated heterocycles. The third-order valence-electron chi connectivity index (χ3n) is 4.13. The number of aromatic nitrogens is 1. The molecule has 2 heterocycles. The highest BCUT2D eigenvalue weighted by Crippen LogP contribution is 2.24. The molecule has 1 amide bonds. The summed E-state index contributed by atoms with van der Waals surface area (Å²) >= 11 is 0. The summed E-state index contributed by atoms with van der Waals surface area (Å²) in [5.41, 5.74) is 1.46. The van der Waals surface area contributed by atoms with Crippen LogP contribution in [0.5, 0.6) is 5.75 Å². The van der Waals surface area contributed by atoms with Gasteiger partial charge in [0.15, 0.2) is 0 Å². The van der Waals surface area contributed by atoms with E-state index in [4.69, 9.17) is 9.84 Å². The summed E-state index contributed by atoms with van der Waals surface area (Å²) in [4.78, 5) is 28.7. The second-order valence-corrected chi connectivity index (χ2v) is 6.03. The highest BCUT2D eigenvalue weighted by molar-refractivity contribution is 5.98. The summed E-state index contributed by atoms with van der Waals surface area (Å²) in [6.07, 6.45) is 3.19. The van der Waals surface area contributed by atoms with Crippen molar-refractivity contribution in [3.8, 4) is 5.75 Å². The van der Waals surface area contributed by atoms with E-state index in [1.54, 1.807) is 18.3 Å². The standard InChI is InChI=1S/C19H21N3O4/c23-18(24)13-22-10-7-14-12-15(5-6-16(14)19(22)25)26-11-3-9-21-17-4-1-2-8-20-17/h1-2,4-6,8,12H,3,7,9-11,13H2,(H,20,21)(H,23,24). The number of anilines is 1. The second kappa shape index (κ2) is 8.33. The Labute approximate surface area is 151 Å². The van der Waals surface area contributed by atoms with Crippen molar-refractivity contribution in [2.24, 2.45) is 0 Å². The Morgan fingerprint density at radius 1 is 1.31 bits per heavy atom. The molecule has 2 N–H and O–H groups in total. The zero-order valence-electron chi connectivity index (χ0n) is 14.4. The molecule has 0 bridgehead atoms. The van der Waals surface area contributed by atoms with Crippen molar-refractivity contribution >= 4 is 17.7 Å². The van der Waals surface area contributed by atoms with Gasteiger partial charge >= 0.3 is 5.97 Å². The number of fused-ring (bicyclic) bond motifs is 1. The Morgan fingerprint density at radius 2 is 2.19 bits per heavy atom. The average Bonchev–Trinajstić information content (AvgIpc) is 2.64. The van der Waals surface area contributed by atoms with Crippen molar-refractivity contribution in [3.05, 3.63) is 53.7 Å². The highest BCUT2D eigenvalue weighted by atomic mass is 16.5. The van der Waals surface area contributed by atoms with Gasteiger partial charge in [0, 0.05) is 24.8 Å². The van der Waals surface area contributed by atoms with E-state index in [1.807, 2.05) is 24.3 Å². The largest absolute Gasteiger partial charge is 0.494 e. The molecule has 136 valence electrons. The predicted molar refractivity (Wildman–Crippen MR) is 96.5 cm³/mol. The molecule has 0 aliphatic carbocycles. The fraction of sp³-hybridized carbons (Fsp3) is 0.316. The minimum atomic E-state index is -0.999. The summed E-state index contributed by atoms with van der Waals surface area (Å²) in [5.74, 6) is 0.326. The molecule has 1 aromatic heterocycles. The molecule has 26 heavy (non-hydrogen) atoms. The molecule has 7 heteroatoms. The molecule has 7 nitrogen and oxygen atoms in total. The molecule has 2 aromatic rings. The Morgan fingerprint density at radius 3 is 2.96 bits per heavy atom. The fourth-order valence-corrected chi connectivity index (χ4v) is 2.86. The Bertz CT molecular complexity index is 780. The quantitative estimate of drug-likeness (QED) is 0.704. The lowest BCUT2D eigenvalue weighted by Crippen LogP contribution is -2.40. The third kappa shape index (κ3) is 4.50. The Balaban J connectivity index is 1.48. The van der Waals surface area contributed by atoms with Crippen molar-refractivity contribution in [1.29, 1.82) is 0 Å². The van der Waals surface area contributed by atoms with Gasteiger partial charge in [0.1, 0.15) is 18.1 Å². The van der Waals surface area contributed by atoms with Crippen LogP contribution in [0.3, 0.4) is 0 Å². The first-order valence-corrected chi connectivity index (χ1v) is 8.55. The highest BCUT2D eigenvalue weighted by Gasteiger charge is 2.25. The van der Waals surface area contributed by atoms with Crippen LogP contribution in [0.25, 0.3) is 0 Å². The number of carboxylic acids is 1. The van der Waals surface area contributed by atoms with Crippen LogP contribution >= 0.6 is 0 Å². The van der Waals surface area contributed by atoms with E-state index in [2.05, 4.69) is 10.3 Å². The molecule has 1 aliphatic rings. The first kappa shape index (κ1) is 17.7. The van der Waals surface area contributed by atoms with Crippen LogP contribution in [0, 0.1) is 0 Å². The van der Waals surface area contributed by atoms with Crippen LogP contribution in [0.15, 0.2) is 42.6 Å². The maximum Gasteiger partial charge on any atom is 0.323 e. The summed E-state index contributed by atoms with van der Waals surface area (Å²) in [6.45, 7) is 1.46. The summed E-state index contributed by atoms with van der Waals surface area (Å²) in [7, 11) is 0. The van der Waals surface area contributed by atoms with Crippen LogP contribution in [-0.2, 0) is 11.2 Å². The van der Waals surface area contributed by atoms with Crippen LogP contribution in [-0.4, -0.2) is 53.1 Å². The van der Waals surface area contributed by atoms with Crippen LogP contribution in [0.4, 0.5) is 5.82 Å². The number of benzene rings is 1. The van der Waals surface area contributed by atoms with Gasteiger partial charge in [-0.2, -0.15) is 0 Å². The number of carboxylic acid groups (broad SMARTS) is 1. The lowest BCUT2D eigenvalue weighted by atomic mass is 9.98. The van der Waals surface area contributed by atoms with E-state index in [0.717, 1.165) is 30.1 Å². The van der Waals surface area contributed by atoms with Crippen molar-refractivity contribution < 1.29 is 19.4 Å². The van der Waals surface area contributed by atoms with E-state index in [0.29, 0.717) is 25.1 Å². The van der Waals surface area contributed by atoms with Crippen molar-refractivity contribution in [1.82, 2.24) is 9.88 Å². The fourth-order valence-electron chi connectivity index (χ4n) is 2.86. The number of nitrogens with zero attached hydrogens (tertiary/aromatic N) is 2. The number of aliphatic carboxylic acids is 1. The zero-order valence-corrected chi connectivity index (χ0v) is 14.4. The van der Waals surface area contributed by atoms with Gasteiger partial charge in [0.2, 0.25) is 0 Å². The summed E-state index contributed by atoms with van der Waals surface area (Å²) in [5, 5.41) is 12.1. The van der Waals surface area contributed by atoms with E-state index >= 15 is 0 Å². The van der Waals surface area contributed by atoms with Crippen molar-refractivity contribution in [2.45, 2.75) is 12.8 Å². The van der Waals surface area contributed by atoms with E-state index in [9.17, 15) is 9.59 Å². The first-order valence-electron chi connectivity index (χ1n) is 8.55. The number of carbonyl (C=O) groups excluding carboxylic acids is 1. The number of nitrogens with one attached hydrogen (secondary N) is 1. The number of hydrogen-bond donors (Lipinski definition) is 2. The van der Waals surface area contributed by atoms with Crippen molar-refractivity contribution in [3.63, 3.8) is 0 Å². The first-order chi connectivity index (χ1) is 12.6. The van der Waals surface area contributed by atoms with Gasteiger partial charge in [0.25, 0.3) is 5.91 Å². The number of ether oxygens (including phenoxy) is 1. The van der Waals surface area contributed by atoms with Gasteiger partial charge in [-0.15, -0.1) is 0 Å². The average molecular weight is 355 g/mol. The van der Waals surface area contributed by atoms with Crippen molar-refractivity contribution in [2.75, 3.05) is 31.6 Å². The molecule has 0 atom stereocenters. The van der Waals surface area contributed by atoms with Gasteiger partial charge in [-0.05, 0) is 48.7 Å². The molecule has 0 unspecified atom stereocenters. The van der Waals surface area contributed by atoms with Crippen LogP contribution in [0.2, 0.25) is 0 Å². The molecular formula is C19H21N3O4. The van der Waals surface area contributed by atoms with Gasteiger partial charge in [-0.3, -0.25) is 9.59 Å². The smallest absolute Gasteiger partial charge is 0.323 e. The molecular weight excluding hydrogens is 334 g/mol. The number of amides is 1. The van der Waals surface area contributed by atoms with Gasteiger partial charge in [-0.25, -0.2) is 4.98 Å². The number of pyridine rings is 1. The molecule has 1 aliphatic heterocycles. The van der Waals surface area contributed by atoms with Crippen LogP contribution < -0.4 is 10.1 Å². The molecule has 3 rings (SSSR count). The third-order valence-corrected chi connectivity index (χ3v) is 4.13. The molecule has 0 radical (unpaired) electrons. The minimum Gasteiger partial charge on any atom is -0.494 e. The molecule has 0 fully saturated rings. The normalized spacial score (nSPS) is 13.2. The topological polar surface area (TPSA) is 91.8 Å². The monoisotopic (exact) mass is 355 g/mol. The lowest BCUT2D eigenvalue weighted by Gasteiger charge is -2.27. The van der Waals surface area contributed by atoms with Crippen LogP contribution in [0.1, 0.15) is 22.3 Å². The van der Waals surface area contributed by atoms with Gasteiger partial charge in [0.05, 0.1) is 6.61 Å². The van der Waals surface area contributed by atoms with E-state index in [-0.39, 0.29) is 12.5 Å². The summed E-state index contributed by atoms with van der Waals surface area (Å²) in [6, 6.07) is 11.1. The Hall–Kier alpha value is -3.09. The maximum absolute atomic E-state index is 12.3. The molecule has 1 aromatic carbocycles. The maximum atomic E-state index is 12.3. The summed E-state index contributed by atoms with van der Waals surface area (Å²) < 4.78 is 5.76. The Kier molecular flexibility index (Phi) is 5.68. The molecule has 0 spiro atoms. The van der Waals surface area contributed by atoms with E-state index in [1.165, 1.54) is 4.90 Å². The number of hydrogen-bond acceptors (Lipinski definition) is 5. The predicted octanol–water partition coefficient (Wildman–Crippen LogP) is 2.05. The van der Waals surface area contributed by atoms with Gasteiger partial charge < -0.3 is 20.1 Å². The van der Waals surface area contributed by atoms with Gasteiger partial charge in [-0.1, -0.05) is 6.07 Å². The molecule has 0 saturated carbocycles. The SMILES string of the molecule is O=C(O)CN1CCc2cc(OCCCNc3ccccn3)ccc2C1=O. The zero-order chi connectivity index (χ0) is 18.4. The minimum absolute atomic E-state index is 0.236.